The van der Waals surface area contributed by atoms with Crippen molar-refractivity contribution in [2.24, 2.45) is 17.3 Å². The highest BCUT2D eigenvalue weighted by Gasteiger charge is 2.54. The van der Waals surface area contributed by atoms with Crippen molar-refractivity contribution in [3.8, 4) is 16.9 Å². The van der Waals surface area contributed by atoms with Gasteiger partial charge in [0.15, 0.2) is 0 Å². The van der Waals surface area contributed by atoms with Crippen molar-refractivity contribution in [1.29, 1.82) is 0 Å². The maximum atomic E-state index is 12.0. The summed E-state index contributed by atoms with van der Waals surface area (Å²) in [6, 6.07) is 10.7. The van der Waals surface area contributed by atoms with Crippen molar-refractivity contribution in [3.05, 3.63) is 47.5 Å². The Morgan fingerprint density at radius 3 is 2.58 bits per heavy atom. The van der Waals surface area contributed by atoms with Crippen molar-refractivity contribution >= 4 is 10.1 Å². The predicted octanol–water partition coefficient (Wildman–Crippen LogP) is 4.83. The van der Waals surface area contributed by atoms with Gasteiger partial charge >= 0.3 is 0 Å². The Hall–Kier alpha value is -1.89. The number of ether oxygens (including phenoxy) is 1. The highest BCUT2D eigenvalue weighted by molar-refractivity contribution is 7.86. The Morgan fingerprint density at radius 2 is 1.84 bits per heavy atom. The minimum absolute atomic E-state index is 0.0388. The fraction of sp³-hybridized carbons (Fsp3) is 0.520. The fourth-order valence-electron chi connectivity index (χ4n) is 6.87. The monoisotopic (exact) mass is 442 g/mol. The van der Waals surface area contributed by atoms with Crippen LogP contribution in [0.1, 0.15) is 56.1 Å². The first-order valence-corrected chi connectivity index (χ1v) is 12.6. The summed E-state index contributed by atoms with van der Waals surface area (Å²) in [7, 11) is -2.74. The van der Waals surface area contributed by atoms with Gasteiger partial charge < -0.3 is 9.84 Å². The van der Waals surface area contributed by atoms with Gasteiger partial charge in [-0.2, -0.15) is 8.42 Å². The molecule has 2 aromatic carbocycles. The van der Waals surface area contributed by atoms with Gasteiger partial charge in [-0.3, -0.25) is 4.55 Å². The van der Waals surface area contributed by atoms with E-state index in [1.165, 1.54) is 17.2 Å². The summed E-state index contributed by atoms with van der Waals surface area (Å²) in [6.45, 7) is 2.27. The quantitative estimate of drug-likeness (QED) is 0.666. The molecule has 5 rings (SSSR count). The molecule has 3 unspecified atom stereocenters. The molecule has 0 saturated heterocycles. The molecular weight excluding hydrogens is 412 g/mol. The van der Waals surface area contributed by atoms with Gasteiger partial charge in [-0.15, -0.1) is 0 Å². The topological polar surface area (TPSA) is 83.8 Å². The Morgan fingerprint density at radius 1 is 1.06 bits per heavy atom. The molecule has 0 aliphatic heterocycles. The van der Waals surface area contributed by atoms with Crippen molar-refractivity contribution in [3.63, 3.8) is 0 Å². The van der Waals surface area contributed by atoms with Crippen LogP contribution in [0.3, 0.4) is 0 Å². The van der Waals surface area contributed by atoms with Gasteiger partial charge in [0.25, 0.3) is 10.1 Å². The van der Waals surface area contributed by atoms with Crippen LogP contribution in [0.5, 0.6) is 5.75 Å². The van der Waals surface area contributed by atoms with E-state index in [1.807, 2.05) is 0 Å². The van der Waals surface area contributed by atoms with E-state index in [4.69, 9.17) is 4.74 Å². The van der Waals surface area contributed by atoms with Crippen LogP contribution in [-0.4, -0.2) is 31.3 Å². The summed E-state index contributed by atoms with van der Waals surface area (Å²) in [5.41, 5.74) is 3.75. The number of fused-ring (bicyclic) bond motifs is 5. The Labute approximate surface area is 184 Å². The van der Waals surface area contributed by atoms with Crippen LogP contribution in [0.4, 0.5) is 0 Å². The predicted molar refractivity (Wildman–Crippen MR) is 119 cm³/mol. The van der Waals surface area contributed by atoms with Gasteiger partial charge in [0, 0.05) is 11.1 Å². The van der Waals surface area contributed by atoms with E-state index in [0.29, 0.717) is 34.6 Å². The van der Waals surface area contributed by atoms with Crippen LogP contribution in [-0.2, 0) is 16.5 Å². The van der Waals surface area contributed by atoms with E-state index >= 15 is 0 Å². The molecule has 0 bridgehead atoms. The molecule has 166 valence electrons. The SMILES string of the molecule is COc1cc2c(cc1-c1ccccc1S(=O)(=O)O)CCC1C2CC[C@@]2(C)C1CC[C@@H]2O. The highest BCUT2D eigenvalue weighted by atomic mass is 32.2. The van der Waals surface area contributed by atoms with Gasteiger partial charge in [0.2, 0.25) is 0 Å². The van der Waals surface area contributed by atoms with Crippen LogP contribution in [0.25, 0.3) is 11.1 Å². The van der Waals surface area contributed by atoms with E-state index in [2.05, 4.69) is 19.1 Å². The minimum Gasteiger partial charge on any atom is -0.496 e. The summed E-state index contributed by atoms with van der Waals surface area (Å²) >= 11 is 0. The summed E-state index contributed by atoms with van der Waals surface area (Å²) in [6.07, 6.45) is 5.95. The van der Waals surface area contributed by atoms with E-state index in [-0.39, 0.29) is 16.4 Å². The molecule has 5 nitrogen and oxygen atoms in total. The first kappa shape index (κ1) is 21.0. The lowest BCUT2D eigenvalue weighted by atomic mass is 9.55. The first-order chi connectivity index (χ1) is 14.7. The molecule has 0 aromatic heterocycles. The molecule has 2 N–H and O–H groups in total. The number of benzene rings is 2. The van der Waals surface area contributed by atoms with Crippen molar-refractivity contribution in [2.75, 3.05) is 7.11 Å². The van der Waals surface area contributed by atoms with E-state index < -0.39 is 10.1 Å². The molecule has 0 amide bonds. The van der Waals surface area contributed by atoms with Crippen LogP contribution in [0.2, 0.25) is 0 Å². The zero-order chi connectivity index (χ0) is 22.0. The van der Waals surface area contributed by atoms with Gasteiger partial charge in [-0.05, 0) is 91.0 Å². The smallest absolute Gasteiger partial charge is 0.295 e. The van der Waals surface area contributed by atoms with Crippen molar-refractivity contribution in [2.45, 2.75) is 62.4 Å². The average Bonchev–Trinajstić information content (AvgIpc) is 3.06. The first-order valence-electron chi connectivity index (χ1n) is 11.2. The largest absolute Gasteiger partial charge is 0.496 e. The number of methoxy groups -OCH3 is 1. The molecule has 0 radical (unpaired) electrons. The third-order valence-electron chi connectivity index (χ3n) is 8.45. The number of aryl methyl sites for hydroxylation is 1. The molecule has 2 fully saturated rings. The number of hydrogen-bond acceptors (Lipinski definition) is 4. The maximum absolute atomic E-state index is 12.0. The second-order valence-electron chi connectivity index (χ2n) is 9.78. The molecule has 2 saturated carbocycles. The van der Waals surface area contributed by atoms with Crippen molar-refractivity contribution in [1.82, 2.24) is 0 Å². The number of rotatable bonds is 3. The summed E-state index contributed by atoms with van der Waals surface area (Å²) in [4.78, 5) is -0.102. The number of aliphatic hydroxyl groups is 1. The summed E-state index contributed by atoms with van der Waals surface area (Å²) < 4.78 is 39.4. The molecule has 2 aromatic rings. The lowest BCUT2D eigenvalue weighted by molar-refractivity contribution is -0.0226. The lowest BCUT2D eigenvalue weighted by Gasteiger charge is -2.50. The second kappa shape index (κ2) is 7.32. The van der Waals surface area contributed by atoms with Crippen LogP contribution in [0.15, 0.2) is 41.3 Å². The zero-order valence-corrected chi connectivity index (χ0v) is 18.9. The van der Waals surface area contributed by atoms with Gasteiger partial charge in [0.1, 0.15) is 10.6 Å². The maximum Gasteiger partial charge on any atom is 0.295 e. The molecular formula is C25H30O5S. The van der Waals surface area contributed by atoms with E-state index in [1.54, 1.807) is 25.3 Å². The number of hydrogen-bond donors (Lipinski definition) is 2. The Balaban J connectivity index is 1.59. The molecule has 5 atom stereocenters. The molecule has 0 spiro atoms. The third kappa shape index (κ3) is 3.22. The molecule has 0 heterocycles. The van der Waals surface area contributed by atoms with Crippen LogP contribution >= 0.6 is 0 Å². The third-order valence-corrected chi connectivity index (χ3v) is 9.36. The standard InChI is InChI=1S/C25H30O5S/c1-25-12-11-16-17(21(25)9-10-24(25)26)8-7-15-13-20(22(30-2)14-19(15)16)18-5-3-4-6-23(18)31(27,28)29/h3-6,13-14,16-17,21,24,26H,7-12H2,1-2H3,(H,27,28,29)/t16?,17?,21?,24-,25-/m0/s1. The Bertz CT molecular complexity index is 1120. The van der Waals surface area contributed by atoms with Crippen molar-refractivity contribution < 1.29 is 22.8 Å². The highest BCUT2D eigenvalue weighted by Crippen LogP contribution is 2.61. The Kier molecular flexibility index (Phi) is 4.96. The summed E-state index contributed by atoms with van der Waals surface area (Å²) in [5.74, 6) is 2.21. The lowest BCUT2D eigenvalue weighted by Crippen LogP contribution is -2.43. The van der Waals surface area contributed by atoms with E-state index in [9.17, 15) is 18.1 Å². The summed E-state index contributed by atoms with van der Waals surface area (Å²) in [5, 5.41) is 10.6. The van der Waals surface area contributed by atoms with Crippen LogP contribution < -0.4 is 4.74 Å². The van der Waals surface area contributed by atoms with Gasteiger partial charge in [0.05, 0.1) is 13.2 Å². The van der Waals surface area contributed by atoms with Gasteiger partial charge in [-0.1, -0.05) is 25.1 Å². The molecule has 31 heavy (non-hydrogen) atoms. The zero-order valence-electron chi connectivity index (χ0n) is 18.0. The fourth-order valence-corrected chi connectivity index (χ4v) is 7.57. The van der Waals surface area contributed by atoms with E-state index in [0.717, 1.165) is 38.5 Å². The van der Waals surface area contributed by atoms with Gasteiger partial charge in [-0.25, -0.2) is 0 Å². The average molecular weight is 443 g/mol. The minimum atomic E-state index is -4.35. The molecule has 6 heteroatoms. The molecule has 3 aliphatic rings. The van der Waals surface area contributed by atoms with Crippen LogP contribution in [0, 0.1) is 17.3 Å². The second-order valence-corrected chi connectivity index (χ2v) is 11.2. The normalized spacial score (nSPS) is 32.1. The molecule has 3 aliphatic carbocycles. The number of aliphatic hydroxyl groups excluding tert-OH is 1.